The highest BCUT2D eigenvalue weighted by Gasteiger charge is 2.29. The number of hydrogen-bond donors (Lipinski definition) is 1. The molecule has 0 radical (unpaired) electrons. The standard InChI is InChI=1S/C20H14BrF3N2O2/c21-15-3-1-4-16(11-15)25-18(27)17-5-2-10-26(19(17)28)12-13-6-8-14(9-7-13)20(22,23)24/h1-11H,12H2,(H,25,27). The topological polar surface area (TPSA) is 51.1 Å². The first-order valence-electron chi connectivity index (χ1n) is 8.16. The summed E-state index contributed by atoms with van der Waals surface area (Å²) in [6.07, 6.45) is -2.93. The quantitative estimate of drug-likeness (QED) is 0.612. The molecule has 3 rings (SSSR count). The third-order valence-corrected chi connectivity index (χ3v) is 4.47. The molecule has 8 heteroatoms. The van der Waals surface area contributed by atoms with Gasteiger partial charge in [0, 0.05) is 16.4 Å². The largest absolute Gasteiger partial charge is 0.416 e. The van der Waals surface area contributed by atoms with Gasteiger partial charge in [0.05, 0.1) is 12.1 Å². The first kappa shape index (κ1) is 19.9. The third kappa shape index (κ3) is 4.69. The molecule has 3 aromatic rings. The summed E-state index contributed by atoms with van der Waals surface area (Å²) in [5, 5.41) is 2.65. The van der Waals surface area contributed by atoms with Crippen molar-refractivity contribution in [2.45, 2.75) is 12.7 Å². The maximum absolute atomic E-state index is 12.7. The lowest BCUT2D eigenvalue weighted by Crippen LogP contribution is -2.29. The van der Waals surface area contributed by atoms with E-state index in [2.05, 4.69) is 21.2 Å². The molecule has 0 aliphatic carbocycles. The van der Waals surface area contributed by atoms with Crippen molar-refractivity contribution in [3.63, 3.8) is 0 Å². The molecule has 0 saturated heterocycles. The minimum Gasteiger partial charge on any atom is -0.322 e. The van der Waals surface area contributed by atoms with E-state index < -0.39 is 23.2 Å². The second-order valence-corrected chi connectivity index (χ2v) is 6.93. The van der Waals surface area contributed by atoms with Crippen molar-refractivity contribution in [1.29, 1.82) is 0 Å². The van der Waals surface area contributed by atoms with Crippen molar-refractivity contribution in [2.75, 3.05) is 5.32 Å². The Hall–Kier alpha value is -2.87. The fourth-order valence-electron chi connectivity index (χ4n) is 2.59. The molecular weight excluding hydrogens is 437 g/mol. The minimum atomic E-state index is -4.42. The molecule has 1 amide bonds. The van der Waals surface area contributed by atoms with E-state index in [-0.39, 0.29) is 12.1 Å². The molecule has 0 aliphatic heterocycles. The molecule has 4 nitrogen and oxygen atoms in total. The average molecular weight is 451 g/mol. The summed E-state index contributed by atoms with van der Waals surface area (Å²) in [6.45, 7) is 0.0506. The van der Waals surface area contributed by atoms with Gasteiger partial charge in [0.1, 0.15) is 5.56 Å². The Morgan fingerprint density at radius 1 is 1.04 bits per heavy atom. The number of nitrogens with zero attached hydrogens (tertiary/aromatic N) is 1. The number of halogens is 4. The zero-order valence-corrected chi connectivity index (χ0v) is 15.9. The number of carbonyl (C=O) groups excluding carboxylic acids is 1. The monoisotopic (exact) mass is 450 g/mol. The normalized spacial score (nSPS) is 11.3. The van der Waals surface area contributed by atoms with Gasteiger partial charge in [0.15, 0.2) is 0 Å². The molecular formula is C20H14BrF3N2O2. The molecule has 2 aromatic carbocycles. The van der Waals surface area contributed by atoms with Crippen molar-refractivity contribution in [2.24, 2.45) is 0 Å². The van der Waals surface area contributed by atoms with Crippen LogP contribution in [0.2, 0.25) is 0 Å². The van der Waals surface area contributed by atoms with Gasteiger partial charge >= 0.3 is 6.18 Å². The molecule has 1 heterocycles. The van der Waals surface area contributed by atoms with Crippen molar-refractivity contribution >= 4 is 27.5 Å². The van der Waals surface area contributed by atoms with Crippen LogP contribution >= 0.6 is 15.9 Å². The molecule has 0 atom stereocenters. The highest BCUT2D eigenvalue weighted by Crippen LogP contribution is 2.29. The first-order valence-corrected chi connectivity index (χ1v) is 8.96. The summed E-state index contributed by atoms with van der Waals surface area (Å²) in [6, 6.07) is 14.4. The predicted molar refractivity (Wildman–Crippen MR) is 103 cm³/mol. The average Bonchev–Trinajstić information content (AvgIpc) is 2.63. The van der Waals surface area contributed by atoms with Crippen LogP contribution in [0.1, 0.15) is 21.5 Å². The number of carbonyl (C=O) groups is 1. The van der Waals surface area contributed by atoms with Crippen LogP contribution in [-0.2, 0) is 12.7 Å². The molecule has 1 aromatic heterocycles. The first-order chi connectivity index (χ1) is 13.2. The van der Waals surface area contributed by atoms with Gasteiger partial charge in [0.2, 0.25) is 0 Å². The Morgan fingerprint density at radius 2 is 1.75 bits per heavy atom. The van der Waals surface area contributed by atoms with Gasteiger partial charge in [-0.2, -0.15) is 13.2 Å². The van der Waals surface area contributed by atoms with Crippen molar-refractivity contribution < 1.29 is 18.0 Å². The number of amides is 1. The van der Waals surface area contributed by atoms with Gasteiger partial charge in [-0.15, -0.1) is 0 Å². The molecule has 1 N–H and O–H groups in total. The molecule has 0 spiro atoms. The SMILES string of the molecule is O=C(Nc1cccc(Br)c1)c1cccn(Cc2ccc(C(F)(F)F)cc2)c1=O. The zero-order valence-electron chi connectivity index (χ0n) is 14.3. The van der Waals surface area contributed by atoms with Gasteiger partial charge in [-0.3, -0.25) is 9.59 Å². The Kier molecular flexibility index (Phi) is 5.69. The number of anilines is 1. The number of pyridine rings is 1. The minimum absolute atomic E-state index is 0.0506. The molecule has 0 aliphatic rings. The van der Waals surface area contributed by atoms with Gasteiger partial charge < -0.3 is 9.88 Å². The summed E-state index contributed by atoms with van der Waals surface area (Å²) < 4.78 is 40.0. The molecule has 0 fully saturated rings. The summed E-state index contributed by atoms with van der Waals surface area (Å²) in [7, 11) is 0. The highest BCUT2D eigenvalue weighted by atomic mass is 79.9. The van der Waals surface area contributed by atoms with Gasteiger partial charge in [0.25, 0.3) is 11.5 Å². The van der Waals surface area contributed by atoms with Gasteiger partial charge in [-0.05, 0) is 48.0 Å². The van der Waals surface area contributed by atoms with Crippen LogP contribution in [0.5, 0.6) is 0 Å². The maximum Gasteiger partial charge on any atom is 0.416 e. The third-order valence-electron chi connectivity index (χ3n) is 3.98. The molecule has 0 saturated carbocycles. The second kappa shape index (κ2) is 8.02. The van der Waals surface area contributed by atoms with E-state index in [1.54, 1.807) is 30.3 Å². The number of nitrogens with one attached hydrogen (secondary N) is 1. The smallest absolute Gasteiger partial charge is 0.322 e. The van der Waals surface area contributed by atoms with E-state index in [1.165, 1.54) is 29.0 Å². The lowest BCUT2D eigenvalue weighted by Gasteiger charge is -2.11. The molecule has 28 heavy (non-hydrogen) atoms. The van der Waals surface area contributed by atoms with E-state index in [4.69, 9.17) is 0 Å². The molecule has 0 bridgehead atoms. The summed E-state index contributed by atoms with van der Waals surface area (Å²) in [4.78, 5) is 25.1. The van der Waals surface area contributed by atoms with Crippen LogP contribution in [0.25, 0.3) is 0 Å². The van der Waals surface area contributed by atoms with Crippen LogP contribution in [0.4, 0.5) is 18.9 Å². The van der Waals surface area contributed by atoms with Crippen LogP contribution in [0.3, 0.4) is 0 Å². The Bertz CT molecular complexity index is 1060. The fourth-order valence-corrected chi connectivity index (χ4v) is 2.99. The number of alkyl halides is 3. The lowest BCUT2D eigenvalue weighted by molar-refractivity contribution is -0.137. The van der Waals surface area contributed by atoms with Crippen molar-refractivity contribution in [3.05, 3.63) is 98.4 Å². The van der Waals surface area contributed by atoms with E-state index in [0.29, 0.717) is 11.3 Å². The Morgan fingerprint density at radius 3 is 2.39 bits per heavy atom. The van der Waals surface area contributed by atoms with E-state index in [0.717, 1.165) is 16.6 Å². The molecule has 0 unspecified atom stereocenters. The van der Waals surface area contributed by atoms with Crippen LogP contribution < -0.4 is 10.9 Å². The van der Waals surface area contributed by atoms with E-state index in [9.17, 15) is 22.8 Å². The summed E-state index contributed by atoms with van der Waals surface area (Å²) in [5.41, 5.74) is -0.313. The maximum atomic E-state index is 12.7. The zero-order chi connectivity index (χ0) is 20.3. The van der Waals surface area contributed by atoms with Crippen molar-refractivity contribution in [3.8, 4) is 0 Å². The Balaban J connectivity index is 1.81. The molecule has 144 valence electrons. The van der Waals surface area contributed by atoms with Gasteiger partial charge in [-0.1, -0.05) is 34.1 Å². The number of aromatic nitrogens is 1. The van der Waals surface area contributed by atoms with E-state index >= 15 is 0 Å². The second-order valence-electron chi connectivity index (χ2n) is 6.01. The highest BCUT2D eigenvalue weighted by molar-refractivity contribution is 9.10. The fraction of sp³-hybridized carbons (Fsp3) is 0.100. The van der Waals surface area contributed by atoms with Crippen molar-refractivity contribution in [1.82, 2.24) is 4.57 Å². The summed E-state index contributed by atoms with van der Waals surface area (Å²) in [5.74, 6) is -0.565. The number of rotatable bonds is 4. The number of hydrogen-bond acceptors (Lipinski definition) is 2. The van der Waals surface area contributed by atoms with Crippen LogP contribution in [0.15, 0.2) is 76.1 Å². The van der Waals surface area contributed by atoms with Crippen LogP contribution in [-0.4, -0.2) is 10.5 Å². The van der Waals surface area contributed by atoms with E-state index in [1.807, 2.05) is 0 Å². The lowest BCUT2D eigenvalue weighted by atomic mass is 10.1. The van der Waals surface area contributed by atoms with Gasteiger partial charge in [-0.25, -0.2) is 0 Å². The Labute approximate surface area is 166 Å². The number of benzene rings is 2. The summed E-state index contributed by atoms with van der Waals surface area (Å²) >= 11 is 3.30. The predicted octanol–water partition coefficient (Wildman–Crippen LogP) is 4.93. The van der Waals surface area contributed by atoms with Crippen LogP contribution in [0, 0.1) is 0 Å².